The van der Waals surface area contributed by atoms with Gasteiger partial charge >= 0.3 is 5.97 Å². The highest BCUT2D eigenvalue weighted by atomic mass is 32.2. The van der Waals surface area contributed by atoms with Gasteiger partial charge in [-0.2, -0.15) is 11.8 Å². The van der Waals surface area contributed by atoms with Crippen molar-refractivity contribution in [2.45, 2.75) is 58.7 Å². The SMILES string of the molecule is CSCCC(N)C(=O)NCC(=O)NC(C(=O)NC(CC(C)C)C(=O)O)C(C)C. The molecule has 0 aliphatic rings. The zero-order valence-corrected chi connectivity index (χ0v) is 18.1. The maximum absolute atomic E-state index is 12.5. The van der Waals surface area contributed by atoms with Crippen molar-refractivity contribution < 1.29 is 24.3 Å². The highest BCUT2D eigenvalue weighted by molar-refractivity contribution is 7.98. The zero-order valence-electron chi connectivity index (χ0n) is 17.3. The number of carbonyl (C=O) groups excluding carboxylic acids is 3. The molecule has 0 aliphatic carbocycles. The van der Waals surface area contributed by atoms with E-state index in [1.807, 2.05) is 20.1 Å². The molecule has 0 saturated heterocycles. The van der Waals surface area contributed by atoms with Gasteiger partial charge in [0.25, 0.3) is 0 Å². The molecule has 0 saturated carbocycles. The zero-order chi connectivity index (χ0) is 21.9. The minimum Gasteiger partial charge on any atom is -0.480 e. The fraction of sp³-hybridized carbons (Fsp3) is 0.778. The van der Waals surface area contributed by atoms with Crippen molar-refractivity contribution in [2.24, 2.45) is 17.6 Å². The number of aliphatic carboxylic acids is 1. The topological polar surface area (TPSA) is 151 Å². The van der Waals surface area contributed by atoms with Gasteiger partial charge in [-0.1, -0.05) is 27.7 Å². The van der Waals surface area contributed by atoms with Gasteiger partial charge in [0.15, 0.2) is 0 Å². The van der Waals surface area contributed by atoms with Crippen molar-refractivity contribution in [3.05, 3.63) is 0 Å². The molecule has 162 valence electrons. The first-order valence-electron chi connectivity index (χ1n) is 9.34. The van der Waals surface area contributed by atoms with Gasteiger partial charge in [0, 0.05) is 0 Å². The van der Waals surface area contributed by atoms with Crippen LogP contribution in [-0.4, -0.2) is 65.5 Å². The van der Waals surface area contributed by atoms with Crippen LogP contribution < -0.4 is 21.7 Å². The number of rotatable bonds is 13. The van der Waals surface area contributed by atoms with Gasteiger partial charge in [0.2, 0.25) is 17.7 Å². The number of hydrogen-bond donors (Lipinski definition) is 5. The highest BCUT2D eigenvalue weighted by Gasteiger charge is 2.29. The third-order valence-corrected chi connectivity index (χ3v) is 4.62. The van der Waals surface area contributed by atoms with Crippen molar-refractivity contribution >= 4 is 35.5 Å². The van der Waals surface area contributed by atoms with Gasteiger partial charge in [-0.3, -0.25) is 14.4 Å². The molecule has 3 amide bonds. The van der Waals surface area contributed by atoms with Crippen LogP contribution in [0.3, 0.4) is 0 Å². The first-order valence-corrected chi connectivity index (χ1v) is 10.7. The molecule has 0 bridgehead atoms. The minimum atomic E-state index is -1.12. The minimum absolute atomic E-state index is 0.0824. The fourth-order valence-corrected chi connectivity index (χ4v) is 2.88. The van der Waals surface area contributed by atoms with Gasteiger partial charge in [0.05, 0.1) is 12.6 Å². The van der Waals surface area contributed by atoms with Gasteiger partial charge in [-0.05, 0) is 36.7 Å². The lowest BCUT2D eigenvalue weighted by Gasteiger charge is -2.25. The Morgan fingerprint density at radius 2 is 1.64 bits per heavy atom. The monoisotopic (exact) mass is 418 g/mol. The summed E-state index contributed by atoms with van der Waals surface area (Å²) in [5.74, 6) is -2.12. The molecule has 0 aliphatic heterocycles. The van der Waals surface area contributed by atoms with Gasteiger partial charge in [0.1, 0.15) is 12.1 Å². The molecule has 28 heavy (non-hydrogen) atoms. The van der Waals surface area contributed by atoms with Gasteiger partial charge in [-0.15, -0.1) is 0 Å². The molecule has 0 radical (unpaired) electrons. The fourth-order valence-electron chi connectivity index (χ4n) is 2.39. The number of hydrogen-bond acceptors (Lipinski definition) is 6. The van der Waals surface area contributed by atoms with Gasteiger partial charge in [-0.25, -0.2) is 4.79 Å². The first-order chi connectivity index (χ1) is 13.0. The number of carboxylic acid groups (broad SMARTS) is 1. The van der Waals surface area contributed by atoms with E-state index in [-0.39, 0.29) is 24.8 Å². The molecule has 3 atom stereocenters. The summed E-state index contributed by atoms with van der Waals surface area (Å²) < 4.78 is 0. The van der Waals surface area contributed by atoms with Crippen molar-refractivity contribution in [1.29, 1.82) is 0 Å². The molecule has 0 aromatic heterocycles. The van der Waals surface area contributed by atoms with Gasteiger partial charge < -0.3 is 26.8 Å². The summed E-state index contributed by atoms with van der Waals surface area (Å²) in [6.45, 7) is 6.88. The maximum Gasteiger partial charge on any atom is 0.326 e. The molecule has 0 spiro atoms. The third kappa shape index (κ3) is 10.5. The van der Waals surface area contributed by atoms with Crippen molar-refractivity contribution in [1.82, 2.24) is 16.0 Å². The summed E-state index contributed by atoms with van der Waals surface area (Å²) in [6.07, 6.45) is 2.69. The average molecular weight is 419 g/mol. The Morgan fingerprint density at radius 3 is 2.11 bits per heavy atom. The van der Waals surface area contributed by atoms with E-state index in [2.05, 4.69) is 16.0 Å². The van der Waals surface area contributed by atoms with Crippen molar-refractivity contribution in [3.63, 3.8) is 0 Å². The number of nitrogens with one attached hydrogen (secondary N) is 3. The number of carboxylic acids is 1. The summed E-state index contributed by atoms with van der Waals surface area (Å²) in [6, 6.07) is -2.64. The summed E-state index contributed by atoms with van der Waals surface area (Å²) in [5, 5.41) is 16.7. The average Bonchev–Trinajstić information content (AvgIpc) is 2.60. The third-order valence-electron chi connectivity index (χ3n) is 3.98. The molecule has 0 fully saturated rings. The normalized spacial score (nSPS) is 14.3. The van der Waals surface area contributed by atoms with E-state index in [1.54, 1.807) is 25.6 Å². The van der Waals surface area contributed by atoms with E-state index in [0.29, 0.717) is 6.42 Å². The number of nitrogens with two attached hydrogens (primary N) is 1. The number of carbonyl (C=O) groups is 4. The van der Waals surface area contributed by atoms with Crippen LogP contribution in [0.25, 0.3) is 0 Å². The molecule has 6 N–H and O–H groups in total. The summed E-state index contributed by atoms with van der Waals surface area (Å²) in [4.78, 5) is 47.8. The molecular formula is C18H34N4O5S. The lowest BCUT2D eigenvalue weighted by atomic mass is 10.0. The quantitative estimate of drug-likeness (QED) is 0.281. The second-order valence-corrected chi connectivity index (χ2v) is 8.41. The van der Waals surface area contributed by atoms with Crippen molar-refractivity contribution in [2.75, 3.05) is 18.6 Å². The summed E-state index contributed by atoms with van der Waals surface area (Å²) in [5.41, 5.74) is 5.73. The lowest BCUT2D eigenvalue weighted by Crippen LogP contribution is -2.55. The van der Waals surface area contributed by atoms with Crippen LogP contribution in [0, 0.1) is 11.8 Å². The number of amides is 3. The Balaban J connectivity index is 4.74. The predicted octanol–water partition coefficient (Wildman–Crippen LogP) is -0.0607. The van der Waals surface area contributed by atoms with Crippen LogP contribution in [0.2, 0.25) is 0 Å². The first kappa shape index (κ1) is 26.2. The predicted molar refractivity (Wildman–Crippen MR) is 110 cm³/mol. The smallest absolute Gasteiger partial charge is 0.326 e. The Morgan fingerprint density at radius 1 is 1.04 bits per heavy atom. The standard InChI is InChI=1S/C18H34N4O5S/c1-10(2)8-13(18(26)27)21-17(25)15(11(3)4)22-14(23)9-20-16(24)12(19)6-7-28-5/h10-13,15H,6-9,19H2,1-5H3,(H,20,24)(H,21,25)(H,22,23)(H,26,27). The second kappa shape index (κ2) is 13.4. The van der Waals surface area contributed by atoms with Crippen LogP contribution in [0.5, 0.6) is 0 Å². The van der Waals surface area contributed by atoms with E-state index >= 15 is 0 Å². The molecule has 9 nitrogen and oxygen atoms in total. The van der Waals surface area contributed by atoms with E-state index in [9.17, 15) is 24.3 Å². The molecule has 3 unspecified atom stereocenters. The van der Waals surface area contributed by atoms with Crippen LogP contribution in [0.4, 0.5) is 0 Å². The van der Waals surface area contributed by atoms with E-state index < -0.39 is 41.8 Å². The van der Waals surface area contributed by atoms with Crippen LogP contribution in [-0.2, 0) is 19.2 Å². The van der Waals surface area contributed by atoms with Crippen molar-refractivity contribution in [3.8, 4) is 0 Å². The molecule has 0 rings (SSSR count). The summed E-state index contributed by atoms with van der Waals surface area (Å²) in [7, 11) is 0. The molecule has 0 heterocycles. The Bertz CT molecular complexity index is 542. The number of thioether (sulfide) groups is 1. The molecule has 0 aromatic rings. The van der Waals surface area contributed by atoms with E-state index in [4.69, 9.17) is 5.73 Å². The Kier molecular flexibility index (Phi) is 12.5. The van der Waals surface area contributed by atoms with E-state index in [1.165, 1.54) is 0 Å². The Labute approximate surface area is 170 Å². The summed E-state index contributed by atoms with van der Waals surface area (Å²) >= 11 is 1.57. The molecule has 0 aromatic carbocycles. The largest absolute Gasteiger partial charge is 0.480 e. The maximum atomic E-state index is 12.5. The molecular weight excluding hydrogens is 384 g/mol. The van der Waals surface area contributed by atoms with Crippen LogP contribution in [0.15, 0.2) is 0 Å². The van der Waals surface area contributed by atoms with Crippen LogP contribution in [0.1, 0.15) is 40.5 Å². The highest BCUT2D eigenvalue weighted by Crippen LogP contribution is 2.08. The van der Waals surface area contributed by atoms with Crippen LogP contribution >= 0.6 is 11.8 Å². The van der Waals surface area contributed by atoms with E-state index in [0.717, 1.165) is 5.75 Å². The lowest BCUT2D eigenvalue weighted by molar-refractivity contribution is -0.143. The molecule has 10 heteroatoms. The Hall–Kier alpha value is -1.81. The second-order valence-electron chi connectivity index (χ2n) is 7.42.